The van der Waals surface area contributed by atoms with Gasteiger partial charge in [-0.2, -0.15) is 0 Å². The number of hydrogen-bond donors (Lipinski definition) is 2. The van der Waals surface area contributed by atoms with E-state index in [1.165, 1.54) is 0 Å². The Morgan fingerprint density at radius 3 is 2.55 bits per heavy atom. The van der Waals surface area contributed by atoms with Crippen molar-refractivity contribution < 1.29 is 29.3 Å². The van der Waals surface area contributed by atoms with Gasteiger partial charge >= 0.3 is 5.97 Å². The van der Waals surface area contributed by atoms with E-state index in [9.17, 15) is 24.6 Å². The molecule has 33 heavy (non-hydrogen) atoms. The first-order chi connectivity index (χ1) is 15.5. The van der Waals surface area contributed by atoms with E-state index in [1.54, 1.807) is 12.2 Å². The van der Waals surface area contributed by atoms with Gasteiger partial charge in [0.25, 0.3) is 0 Å². The molecule has 0 radical (unpaired) electrons. The van der Waals surface area contributed by atoms with E-state index in [4.69, 9.17) is 4.74 Å². The number of Topliss-reactive ketones (excluding diaryl/α,β-unsaturated/α-hetero) is 1. The zero-order valence-corrected chi connectivity index (χ0v) is 20.5. The molecule has 3 fully saturated rings. The quantitative estimate of drug-likeness (QED) is 0.613. The Kier molecular flexibility index (Phi) is 6.02. The van der Waals surface area contributed by atoms with Crippen LogP contribution in [-0.2, 0) is 19.1 Å². The molecule has 0 aromatic heterocycles. The van der Waals surface area contributed by atoms with Gasteiger partial charge in [0, 0.05) is 29.1 Å². The number of aliphatic hydroxyl groups is 2. The summed E-state index contributed by atoms with van der Waals surface area (Å²) in [7, 11) is 0. The summed E-state index contributed by atoms with van der Waals surface area (Å²) < 4.78 is 6.05. The highest BCUT2D eigenvalue weighted by molar-refractivity contribution is 6.01. The number of rotatable bonds is 5. The third kappa shape index (κ3) is 3.23. The molecular weight excluding hydrogens is 420 g/mol. The third-order valence-electron chi connectivity index (χ3n) is 9.64. The van der Waals surface area contributed by atoms with Crippen LogP contribution in [0, 0.1) is 40.4 Å². The van der Waals surface area contributed by atoms with Crippen molar-refractivity contribution in [3.05, 3.63) is 23.8 Å². The number of fused-ring (bicyclic) bond motifs is 5. The van der Waals surface area contributed by atoms with Crippen molar-refractivity contribution >= 4 is 17.5 Å². The lowest BCUT2D eigenvalue weighted by Crippen LogP contribution is -2.64. The van der Waals surface area contributed by atoms with Gasteiger partial charge in [0.05, 0.1) is 6.10 Å². The molecule has 0 aliphatic heterocycles. The number of carbonyl (C=O) groups is 3. The van der Waals surface area contributed by atoms with E-state index < -0.39 is 40.9 Å². The molecular formula is C27H38O6. The summed E-state index contributed by atoms with van der Waals surface area (Å²) >= 11 is 0. The van der Waals surface area contributed by atoms with E-state index in [-0.39, 0.29) is 41.8 Å². The van der Waals surface area contributed by atoms with Crippen molar-refractivity contribution in [1.29, 1.82) is 0 Å². The summed E-state index contributed by atoms with van der Waals surface area (Å²) in [6.45, 7) is 9.37. The molecule has 0 heterocycles. The van der Waals surface area contributed by atoms with Crippen LogP contribution in [0.3, 0.4) is 0 Å². The molecule has 0 aromatic carbocycles. The van der Waals surface area contributed by atoms with E-state index >= 15 is 0 Å². The van der Waals surface area contributed by atoms with Crippen LogP contribution in [0.25, 0.3) is 0 Å². The average molecular weight is 459 g/mol. The number of allylic oxidation sites excluding steroid dienone is 4. The zero-order chi connectivity index (χ0) is 24.3. The topological polar surface area (TPSA) is 101 Å². The van der Waals surface area contributed by atoms with Crippen molar-refractivity contribution in [2.24, 2.45) is 40.4 Å². The molecule has 0 spiro atoms. The standard InChI is InChI=1S/C27H38O6/c1-6-7-23(32)33-27(22(31)14-28)16(3)11-20-18-10-15(2)19-12-17(29)8-9-25(19,4)24(18)21(30)13-26(20,27)5/h8-9,12,15-16,18,20-21,24,28,30H,6-7,10-11,13-14H2,1-5H3/t15?,16?,18-,20-,21-,24+,25-,26-,27+/m0/s1. The highest BCUT2D eigenvalue weighted by atomic mass is 16.6. The number of ether oxygens (including phenoxy) is 1. The van der Waals surface area contributed by atoms with Gasteiger partial charge in [-0.05, 0) is 55.6 Å². The van der Waals surface area contributed by atoms with E-state index in [0.717, 1.165) is 12.0 Å². The van der Waals surface area contributed by atoms with Crippen LogP contribution < -0.4 is 0 Å². The molecule has 0 saturated heterocycles. The Balaban J connectivity index is 1.81. The monoisotopic (exact) mass is 458 g/mol. The SMILES string of the molecule is CCCC(=O)O[C@@]1(C(=O)CO)C(C)C[C@H]2[C@@H]3CC(C)C4=CC(=O)C=C[C@]4(C)[C@H]3[C@@H](O)C[C@@]21C. The maximum absolute atomic E-state index is 13.3. The molecule has 0 aromatic rings. The fraction of sp³-hybridized carbons (Fsp3) is 0.741. The molecule has 4 aliphatic carbocycles. The lowest BCUT2D eigenvalue weighted by atomic mass is 9.44. The van der Waals surface area contributed by atoms with Gasteiger partial charge in [-0.3, -0.25) is 14.4 Å². The van der Waals surface area contributed by atoms with Gasteiger partial charge in [0.2, 0.25) is 5.78 Å². The number of aliphatic hydroxyl groups excluding tert-OH is 2. The van der Waals surface area contributed by atoms with Gasteiger partial charge in [-0.25, -0.2) is 0 Å². The van der Waals surface area contributed by atoms with Gasteiger partial charge < -0.3 is 14.9 Å². The highest BCUT2D eigenvalue weighted by Crippen LogP contribution is 2.69. The fourth-order valence-electron chi connectivity index (χ4n) is 8.49. The number of hydrogen-bond acceptors (Lipinski definition) is 6. The first-order valence-electron chi connectivity index (χ1n) is 12.5. The van der Waals surface area contributed by atoms with Crippen LogP contribution in [0.2, 0.25) is 0 Å². The van der Waals surface area contributed by atoms with E-state index in [1.807, 2.05) is 26.8 Å². The smallest absolute Gasteiger partial charge is 0.306 e. The second kappa shape index (κ2) is 8.16. The summed E-state index contributed by atoms with van der Waals surface area (Å²) in [6.07, 6.45) is 7.24. The Labute approximate surface area is 196 Å². The van der Waals surface area contributed by atoms with E-state index in [0.29, 0.717) is 19.3 Å². The van der Waals surface area contributed by atoms with Crippen LogP contribution >= 0.6 is 0 Å². The summed E-state index contributed by atoms with van der Waals surface area (Å²) in [5.41, 5.74) is -1.56. The van der Waals surface area contributed by atoms with Crippen molar-refractivity contribution in [2.45, 2.75) is 78.4 Å². The Hall–Kier alpha value is -1.79. The summed E-state index contributed by atoms with van der Waals surface area (Å²) in [6, 6.07) is 0. The minimum atomic E-state index is -1.44. The normalized spacial score (nSPS) is 46.2. The largest absolute Gasteiger partial charge is 0.450 e. The van der Waals surface area contributed by atoms with Crippen molar-refractivity contribution in [2.75, 3.05) is 6.61 Å². The van der Waals surface area contributed by atoms with Crippen LogP contribution in [-0.4, -0.2) is 46.1 Å². The molecule has 6 nitrogen and oxygen atoms in total. The van der Waals surface area contributed by atoms with Gasteiger partial charge in [-0.1, -0.05) is 46.3 Å². The maximum atomic E-state index is 13.3. The number of esters is 1. The van der Waals surface area contributed by atoms with Crippen LogP contribution in [0.15, 0.2) is 23.8 Å². The zero-order valence-electron chi connectivity index (χ0n) is 20.5. The molecule has 182 valence electrons. The predicted molar refractivity (Wildman–Crippen MR) is 123 cm³/mol. The Morgan fingerprint density at radius 2 is 1.91 bits per heavy atom. The van der Waals surface area contributed by atoms with Crippen molar-refractivity contribution in [3.8, 4) is 0 Å². The first kappa shape index (κ1) is 24.3. The van der Waals surface area contributed by atoms with Crippen molar-refractivity contribution in [3.63, 3.8) is 0 Å². The molecule has 4 rings (SSSR count). The van der Waals surface area contributed by atoms with Crippen LogP contribution in [0.1, 0.15) is 66.7 Å². The van der Waals surface area contributed by atoms with Gasteiger partial charge in [0.15, 0.2) is 11.4 Å². The van der Waals surface area contributed by atoms with Crippen molar-refractivity contribution in [1.82, 2.24) is 0 Å². The average Bonchev–Trinajstić information content (AvgIpc) is 2.96. The van der Waals surface area contributed by atoms with Gasteiger partial charge in [0.1, 0.15) is 6.61 Å². The Bertz CT molecular complexity index is 920. The molecule has 4 aliphatic rings. The number of carbonyl (C=O) groups excluding carboxylic acids is 3. The summed E-state index contributed by atoms with van der Waals surface area (Å²) in [4.78, 5) is 38.2. The predicted octanol–water partition coefficient (Wildman–Crippen LogP) is 3.40. The van der Waals surface area contributed by atoms with Gasteiger partial charge in [-0.15, -0.1) is 0 Å². The second-order valence-corrected chi connectivity index (χ2v) is 11.4. The minimum Gasteiger partial charge on any atom is -0.450 e. The lowest BCUT2D eigenvalue weighted by molar-refractivity contribution is -0.206. The van der Waals surface area contributed by atoms with E-state index in [2.05, 4.69) is 13.8 Å². The second-order valence-electron chi connectivity index (χ2n) is 11.4. The molecule has 6 heteroatoms. The minimum absolute atomic E-state index is 0.00667. The summed E-state index contributed by atoms with van der Waals surface area (Å²) in [5.74, 6) is -0.911. The third-order valence-corrected chi connectivity index (χ3v) is 9.64. The van der Waals surface area contributed by atoms with Crippen LogP contribution in [0.5, 0.6) is 0 Å². The fourth-order valence-corrected chi connectivity index (χ4v) is 8.49. The molecule has 0 amide bonds. The number of ketones is 2. The molecule has 9 atom stereocenters. The molecule has 2 unspecified atom stereocenters. The summed E-state index contributed by atoms with van der Waals surface area (Å²) in [5, 5.41) is 21.6. The first-order valence-corrected chi connectivity index (χ1v) is 12.5. The molecule has 2 N–H and O–H groups in total. The maximum Gasteiger partial charge on any atom is 0.306 e. The lowest BCUT2D eigenvalue weighted by Gasteiger charge is -2.61. The Morgan fingerprint density at radius 1 is 1.21 bits per heavy atom. The molecule has 3 saturated carbocycles. The molecule has 0 bridgehead atoms. The van der Waals surface area contributed by atoms with Crippen LogP contribution in [0.4, 0.5) is 0 Å². The highest BCUT2D eigenvalue weighted by Gasteiger charge is 2.73.